The molecule has 4 nitrogen and oxygen atoms in total. The predicted molar refractivity (Wildman–Crippen MR) is 107 cm³/mol. The molecule has 1 aliphatic heterocycles. The highest BCUT2D eigenvalue weighted by Crippen LogP contribution is 2.29. The van der Waals surface area contributed by atoms with Gasteiger partial charge in [0.05, 0.1) is 12.3 Å². The van der Waals surface area contributed by atoms with Crippen molar-refractivity contribution in [3.8, 4) is 16.9 Å². The number of benzene rings is 3. The van der Waals surface area contributed by atoms with Gasteiger partial charge in [0.2, 0.25) is 0 Å². The molecular formula is C23H20N2O2. The maximum Gasteiger partial charge on any atom is 0.280 e. The van der Waals surface area contributed by atoms with Crippen LogP contribution in [0.3, 0.4) is 0 Å². The van der Waals surface area contributed by atoms with Crippen LogP contribution in [0, 0.1) is 0 Å². The zero-order valence-electron chi connectivity index (χ0n) is 14.9. The summed E-state index contributed by atoms with van der Waals surface area (Å²) in [6, 6.07) is 27.7. The van der Waals surface area contributed by atoms with E-state index in [-0.39, 0.29) is 12.5 Å². The van der Waals surface area contributed by atoms with Gasteiger partial charge in [0, 0.05) is 12.0 Å². The van der Waals surface area contributed by atoms with E-state index in [0.29, 0.717) is 12.3 Å². The van der Waals surface area contributed by atoms with Crippen molar-refractivity contribution in [1.29, 1.82) is 0 Å². The van der Waals surface area contributed by atoms with Crippen LogP contribution in [-0.4, -0.2) is 29.8 Å². The van der Waals surface area contributed by atoms with Gasteiger partial charge in [0.25, 0.3) is 5.91 Å². The molecule has 0 aromatic heterocycles. The molecule has 0 saturated heterocycles. The highest BCUT2D eigenvalue weighted by atomic mass is 16.5. The third-order valence-corrected chi connectivity index (χ3v) is 4.52. The molecule has 1 amide bonds. The molecule has 0 fully saturated rings. The molecule has 0 atom stereocenters. The normalized spacial score (nSPS) is 13.3. The van der Waals surface area contributed by atoms with Gasteiger partial charge in [-0.1, -0.05) is 78.9 Å². The molecular weight excluding hydrogens is 336 g/mol. The van der Waals surface area contributed by atoms with Crippen LogP contribution in [0.5, 0.6) is 5.75 Å². The Balaban J connectivity index is 1.44. The standard InChI is InChI=1S/C23H20N2O2/c26-23(25-16-15-21(24-25)19-11-5-2-6-12-19)17-27-22-14-8-7-13-20(22)18-9-3-1-4-10-18/h1-14H,15-17H2. The van der Waals surface area contributed by atoms with Crippen molar-refractivity contribution >= 4 is 11.6 Å². The molecule has 0 saturated carbocycles. The highest BCUT2D eigenvalue weighted by molar-refractivity contribution is 6.02. The topological polar surface area (TPSA) is 41.9 Å². The third-order valence-electron chi connectivity index (χ3n) is 4.52. The lowest BCUT2D eigenvalue weighted by Crippen LogP contribution is -2.28. The third kappa shape index (κ3) is 3.90. The van der Waals surface area contributed by atoms with Crippen molar-refractivity contribution in [3.05, 3.63) is 90.5 Å². The zero-order valence-corrected chi connectivity index (χ0v) is 14.9. The number of hydrazone groups is 1. The lowest BCUT2D eigenvalue weighted by molar-refractivity contribution is -0.132. The highest BCUT2D eigenvalue weighted by Gasteiger charge is 2.22. The molecule has 0 unspecified atom stereocenters. The number of rotatable bonds is 5. The monoisotopic (exact) mass is 356 g/mol. The number of ether oxygens (including phenoxy) is 1. The number of nitrogens with zero attached hydrogens (tertiary/aromatic N) is 2. The van der Waals surface area contributed by atoms with Gasteiger partial charge in [-0.15, -0.1) is 0 Å². The summed E-state index contributed by atoms with van der Waals surface area (Å²) in [5.41, 5.74) is 4.03. The molecule has 4 rings (SSSR count). The average Bonchev–Trinajstić information content (AvgIpc) is 3.24. The van der Waals surface area contributed by atoms with Gasteiger partial charge in [-0.2, -0.15) is 5.10 Å². The molecule has 0 spiro atoms. The smallest absolute Gasteiger partial charge is 0.280 e. The number of carbonyl (C=O) groups excluding carboxylic acids is 1. The molecule has 0 N–H and O–H groups in total. The van der Waals surface area contributed by atoms with E-state index in [1.54, 1.807) is 0 Å². The molecule has 134 valence electrons. The van der Waals surface area contributed by atoms with Crippen molar-refractivity contribution < 1.29 is 9.53 Å². The fourth-order valence-corrected chi connectivity index (χ4v) is 3.13. The lowest BCUT2D eigenvalue weighted by Gasteiger charge is -2.14. The van der Waals surface area contributed by atoms with Crippen LogP contribution in [0.2, 0.25) is 0 Å². The molecule has 0 bridgehead atoms. The zero-order chi connectivity index (χ0) is 18.5. The van der Waals surface area contributed by atoms with Crippen LogP contribution in [0.25, 0.3) is 11.1 Å². The predicted octanol–water partition coefficient (Wildman–Crippen LogP) is 4.37. The van der Waals surface area contributed by atoms with Crippen LogP contribution in [-0.2, 0) is 4.79 Å². The Kier molecular flexibility index (Phi) is 4.97. The minimum absolute atomic E-state index is 0.0323. The molecule has 4 heteroatoms. The Morgan fingerprint density at radius 1 is 0.852 bits per heavy atom. The van der Waals surface area contributed by atoms with Gasteiger partial charge in [-0.05, 0) is 17.2 Å². The van der Waals surface area contributed by atoms with E-state index in [0.717, 1.165) is 28.8 Å². The summed E-state index contributed by atoms with van der Waals surface area (Å²) < 4.78 is 5.85. The quantitative estimate of drug-likeness (QED) is 0.681. The average molecular weight is 356 g/mol. The number of para-hydroxylation sites is 1. The van der Waals surface area contributed by atoms with E-state index in [4.69, 9.17) is 4.74 Å². The first-order valence-corrected chi connectivity index (χ1v) is 9.02. The summed E-state index contributed by atoms with van der Waals surface area (Å²) in [5.74, 6) is 0.562. The van der Waals surface area contributed by atoms with E-state index >= 15 is 0 Å². The molecule has 3 aromatic rings. The fourth-order valence-electron chi connectivity index (χ4n) is 3.13. The van der Waals surface area contributed by atoms with Crippen molar-refractivity contribution in [1.82, 2.24) is 5.01 Å². The molecule has 3 aromatic carbocycles. The van der Waals surface area contributed by atoms with Gasteiger partial charge in [-0.3, -0.25) is 4.79 Å². The number of amides is 1. The molecule has 0 aliphatic carbocycles. The largest absolute Gasteiger partial charge is 0.483 e. The first kappa shape index (κ1) is 17.0. The Hall–Kier alpha value is -3.40. The summed E-state index contributed by atoms with van der Waals surface area (Å²) in [7, 11) is 0. The summed E-state index contributed by atoms with van der Waals surface area (Å²) in [6.45, 7) is 0.558. The van der Waals surface area contributed by atoms with E-state index in [2.05, 4.69) is 5.10 Å². The van der Waals surface area contributed by atoms with Gasteiger partial charge < -0.3 is 4.74 Å². The summed E-state index contributed by atoms with van der Waals surface area (Å²) in [5, 5.41) is 5.98. The van der Waals surface area contributed by atoms with Crippen LogP contribution in [0.15, 0.2) is 90.0 Å². The van der Waals surface area contributed by atoms with Gasteiger partial charge in [-0.25, -0.2) is 5.01 Å². The maximum atomic E-state index is 12.5. The second-order valence-electron chi connectivity index (χ2n) is 6.33. The Morgan fingerprint density at radius 3 is 2.22 bits per heavy atom. The Morgan fingerprint density at radius 2 is 1.48 bits per heavy atom. The van der Waals surface area contributed by atoms with Crippen LogP contribution >= 0.6 is 0 Å². The minimum atomic E-state index is -0.135. The van der Waals surface area contributed by atoms with Gasteiger partial charge in [0.1, 0.15) is 5.75 Å². The van der Waals surface area contributed by atoms with Crippen molar-refractivity contribution in [2.24, 2.45) is 5.10 Å². The summed E-state index contributed by atoms with van der Waals surface area (Å²) in [6.07, 6.45) is 0.760. The van der Waals surface area contributed by atoms with Crippen molar-refractivity contribution in [2.75, 3.05) is 13.2 Å². The Labute approximate surface area is 158 Å². The summed E-state index contributed by atoms with van der Waals surface area (Å²) >= 11 is 0. The SMILES string of the molecule is O=C(COc1ccccc1-c1ccccc1)N1CCC(c2ccccc2)=N1. The summed E-state index contributed by atoms with van der Waals surface area (Å²) in [4.78, 5) is 12.5. The second-order valence-corrected chi connectivity index (χ2v) is 6.33. The van der Waals surface area contributed by atoms with Crippen LogP contribution in [0.4, 0.5) is 0 Å². The van der Waals surface area contributed by atoms with E-state index < -0.39 is 0 Å². The molecule has 1 heterocycles. The van der Waals surface area contributed by atoms with E-state index in [9.17, 15) is 4.79 Å². The first-order chi connectivity index (χ1) is 13.3. The number of carbonyl (C=O) groups is 1. The van der Waals surface area contributed by atoms with E-state index in [1.807, 2.05) is 84.9 Å². The van der Waals surface area contributed by atoms with Crippen molar-refractivity contribution in [3.63, 3.8) is 0 Å². The molecule has 0 radical (unpaired) electrons. The minimum Gasteiger partial charge on any atom is -0.483 e. The molecule has 1 aliphatic rings. The van der Waals surface area contributed by atoms with Crippen LogP contribution in [0.1, 0.15) is 12.0 Å². The van der Waals surface area contributed by atoms with E-state index in [1.165, 1.54) is 5.01 Å². The Bertz CT molecular complexity index is 952. The van der Waals surface area contributed by atoms with Crippen molar-refractivity contribution in [2.45, 2.75) is 6.42 Å². The second kappa shape index (κ2) is 7.87. The fraction of sp³-hybridized carbons (Fsp3) is 0.130. The van der Waals surface area contributed by atoms with Crippen LogP contribution < -0.4 is 4.74 Å². The molecule has 27 heavy (non-hydrogen) atoms. The first-order valence-electron chi connectivity index (χ1n) is 9.02. The lowest BCUT2D eigenvalue weighted by atomic mass is 10.1. The van der Waals surface area contributed by atoms with Gasteiger partial charge in [0.15, 0.2) is 6.61 Å². The number of hydrogen-bond acceptors (Lipinski definition) is 3. The van der Waals surface area contributed by atoms with Gasteiger partial charge >= 0.3 is 0 Å². The maximum absolute atomic E-state index is 12.5. The number of hydrogen-bond donors (Lipinski definition) is 0.